The van der Waals surface area contributed by atoms with E-state index in [-0.39, 0.29) is 0 Å². The van der Waals surface area contributed by atoms with Crippen LogP contribution in [0.3, 0.4) is 0 Å². The van der Waals surface area contributed by atoms with Gasteiger partial charge in [-0.15, -0.1) is 0 Å². The lowest BCUT2D eigenvalue weighted by Crippen LogP contribution is -2.12. The zero-order chi connectivity index (χ0) is 7.28. The fourth-order valence-electron chi connectivity index (χ4n) is 0.250. The lowest BCUT2D eigenvalue weighted by molar-refractivity contribution is -0.138. The third kappa shape index (κ3) is 3.52. The van der Waals surface area contributed by atoms with Crippen LogP contribution in [0.25, 0.3) is 0 Å². The molecule has 4 nitrogen and oxygen atoms in total. The van der Waals surface area contributed by atoms with Gasteiger partial charge in [-0.05, 0) is 6.92 Å². The summed E-state index contributed by atoms with van der Waals surface area (Å²) in [5.74, 6) is -1.38. The molecule has 0 saturated heterocycles. The van der Waals surface area contributed by atoms with Crippen LogP contribution in [0.15, 0.2) is 5.10 Å². The van der Waals surface area contributed by atoms with Gasteiger partial charge in [-0.1, -0.05) is 0 Å². The van der Waals surface area contributed by atoms with Crippen molar-refractivity contribution in [2.24, 2.45) is 11.0 Å². The second-order valence-corrected chi connectivity index (χ2v) is 1.63. The molecule has 1 atom stereocenters. The number of hydrazone groups is 1. The van der Waals surface area contributed by atoms with E-state index in [2.05, 4.69) is 10.5 Å². The molecule has 0 bridgehead atoms. The van der Waals surface area contributed by atoms with E-state index in [1.807, 2.05) is 0 Å². The summed E-state index contributed by atoms with van der Waals surface area (Å²) in [5.41, 5.74) is 2.46. The number of aliphatic carboxylic acids is 1. The summed E-state index contributed by atoms with van der Waals surface area (Å²) in [5, 5.41) is 11.8. The molecular weight excluding hydrogens is 120 g/mol. The molecule has 0 heterocycles. The molecule has 0 aliphatic heterocycles. The predicted octanol–water partition coefficient (Wildman–Crippen LogP) is -0.0877. The average Bonchev–Trinajstić information content (AvgIpc) is 1.82. The maximum absolute atomic E-state index is 10.1. The quantitative estimate of drug-likeness (QED) is 0.414. The van der Waals surface area contributed by atoms with E-state index in [9.17, 15) is 4.79 Å². The van der Waals surface area contributed by atoms with Crippen LogP contribution < -0.4 is 5.43 Å². The number of carbonyl (C=O) groups is 1. The standard InChI is InChI=1S/C5H10N2O2/c1-4(5(8)9)3-7-6-2/h3-4,6H,1-2H3,(H,8,9)/b7-3-. The minimum atomic E-state index is -0.867. The van der Waals surface area contributed by atoms with Gasteiger partial charge in [-0.3, -0.25) is 4.79 Å². The first-order valence-electron chi connectivity index (χ1n) is 2.61. The molecule has 0 aliphatic rings. The van der Waals surface area contributed by atoms with E-state index in [0.29, 0.717) is 0 Å². The Labute approximate surface area is 53.6 Å². The van der Waals surface area contributed by atoms with Crippen molar-refractivity contribution >= 4 is 12.2 Å². The van der Waals surface area contributed by atoms with Crippen molar-refractivity contribution in [1.29, 1.82) is 0 Å². The highest BCUT2D eigenvalue weighted by atomic mass is 16.4. The monoisotopic (exact) mass is 130 g/mol. The van der Waals surface area contributed by atoms with Gasteiger partial charge in [0.25, 0.3) is 0 Å². The Morgan fingerprint density at radius 3 is 2.78 bits per heavy atom. The van der Waals surface area contributed by atoms with Crippen molar-refractivity contribution in [3.63, 3.8) is 0 Å². The smallest absolute Gasteiger partial charge is 0.311 e. The van der Waals surface area contributed by atoms with Gasteiger partial charge in [-0.2, -0.15) is 5.10 Å². The zero-order valence-electron chi connectivity index (χ0n) is 5.46. The Bertz CT molecular complexity index is 122. The highest BCUT2D eigenvalue weighted by Gasteiger charge is 2.05. The maximum Gasteiger partial charge on any atom is 0.311 e. The molecule has 0 saturated carbocycles. The molecule has 0 fully saturated rings. The van der Waals surface area contributed by atoms with Gasteiger partial charge in [0.05, 0.1) is 5.92 Å². The van der Waals surface area contributed by atoms with E-state index in [0.717, 1.165) is 0 Å². The Kier molecular flexibility index (Phi) is 3.43. The second-order valence-electron chi connectivity index (χ2n) is 1.63. The molecule has 2 N–H and O–H groups in total. The Hall–Kier alpha value is -1.06. The lowest BCUT2D eigenvalue weighted by atomic mass is 10.2. The van der Waals surface area contributed by atoms with E-state index >= 15 is 0 Å². The summed E-state index contributed by atoms with van der Waals surface area (Å²) in [6.07, 6.45) is 1.34. The van der Waals surface area contributed by atoms with Crippen LogP contribution in [-0.4, -0.2) is 24.3 Å². The van der Waals surface area contributed by atoms with E-state index in [1.54, 1.807) is 14.0 Å². The minimum Gasteiger partial charge on any atom is -0.481 e. The van der Waals surface area contributed by atoms with E-state index in [4.69, 9.17) is 5.11 Å². The first kappa shape index (κ1) is 7.94. The Balaban J connectivity index is 3.62. The van der Waals surface area contributed by atoms with Crippen molar-refractivity contribution in [2.45, 2.75) is 6.92 Å². The highest BCUT2D eigenvalue weighted by molar-refractivity contribution is 5.87. The fraction of sp³-hybridized carbons (Fsp3) is 0.600. The number of nitrogens with one attached hydrogen (secondary N) is 1. The molecule has 0 aliphatic carbocycles. The van der Waals surface area contributed by atoms with Crippen LogP contribution in [0.5, 0.6) is 0 Å². The topological polar surface area (TPSA) is 61.7 Å². The zero-order valence-corrected chi connectivity index (χ0v) is 5.46. The first-order chi connectivity index (χ1) is 4.18. The van der Waals surface area contributed by atoms with Crippen LogP contribution in [0.4, 0.5) is 0 Å². The molecule has 0 aromatic rings. The van der Waals surface area contributed by atoms with Gasteiger partial charge >= 0.3 is 5.97 Å². The van der Waals surface area contributed by atoms with Gasteiger partial charge < -0.3 is 10.5 Å². The summed E-state index contributed by atoms with van der Waals surface area (Å²) in [7, 11) is 1.62. The molecule has 0 rings (SSSR count). The van der Waals surface area contributed by atoms with Crippen molar-refractivity contribution < 1.29 is 9.90 Å². The average molecular weight is 130 g/mol. The van der Waals surface area contributed by atoms with Gasteiger partial charge in [0.2, 0.25) is 0 Å². The molecule has 9 heavy (non-hydrogen) atoms. The third-order valence-corrected chi connectivity index (χ3v) is 0.817. The predicted molar refractivity (Wildman–Crippen MR) is 34.4 cm³/mol. The molecule has 0 spiro atoms. The molecule has 0 aromatic heterocycles. The Morgan fingerprint density at radius 1 is 1.89 bits per heavy atom. The van der Waals surface area contributed by atoms with Crippen LogP contribution in [0.2, 0.25) is 0 Å². The van der Waals surface area contributed by atoms with Crippen LogP contribution >= 0.6 is 0 Å². The third-order valence-electron chi connectivity index (χ3n) is 0.817. The van der Waals surface area contributed by atoms with E-state index in [1.165, 1.54) is 6.21 Å². The van der Waals surface area contributed by atoms with Crippen molar-refractivity contribution in [3.05, 3.63) is 0 Å². The van der Waals surface area contributed by atoms with Crippen molar-refractivity contribution in [3.8, 4) is 0 Å². The van der Waals surface area contributed by atoms with Crippen molar-refractivity contribution in [1.82, 2.24) is 5.43 Å². The summed E-state index contributed by atoms with van der Waals surface area (Å²) < 4.78 is 0. The normalized spacial score (nSPS) is 13.6. The first-order valence-corrected chi connectivity index (χ1v) is 2.61. The highest BCUT2D eigenvalue weighted by Crippen LogP contribution is 1.87. The second kappa shape index (κ2) is 3.88. The molecule has 0 amide bonds. The van der Waals surface area contributed by atoms with Crippen LogP contribution in [0.1, 0.15) is 6.92 Å². The van der Waals surface area contributed by atoms with Gasteiger partial charge in [-0.25, -0.2) is 0 Å². The minimum absolute atomic E-state index is 0.516. The molecule has 0 radical (unpaired) electrons. The van der Waals surface area contributed by atoms with E-state index < -0.39 is 11.9 Å². The SMILES string of the molecule is CN/N=C\C(C)C(=O)O. The maximum atomic E-state index is 10.1. The number of hydrogen-bond acceptors (Lipinski definition) is 3. The summed E-state index contributed by atoms with van der Waals surface area (Å²) in [6.45, 7) is 1.56. The largest absolute Gasteiger partial charge is 0.481 e. The molecule has 4 heteroatoms. The van der Waals surface area contributed by atoms with Gasteiger partial charge in [0.1, 0.15) is 0 Å². The van der Waals surface area contributed by atoms with Crippen molar-refractivity contribution in [2.75, 3.05) is 7.05 Å². The fourth-order valence-corrected chi connectivity index (χ4v) is 0.250. The molecule has 1 unspecified atom stereocenters. The van der Waals surface area contributed by atoms with Crippen LogP contribution in [0, 0.1) is 5.92 Å². The number of rotatable bonds is 3. The number of carboxylic acids is 1. The lowest BCUT2D eigenvalue weighted by Gasteiger charge is -1.94. The number of carboxylic acid groups (broad SMARTS) is 1. The van der Waals surface area contributed by atoms with Crippen LogP contribution in [-0.2, 0) is 4.79 Å². The summed E-state index contributed by atoms with van der Waals surface area (Å²) >= 11 is 0. The summed E-state index contributed by atoms with van der Waals surface area (Å²) in [6, 6.07) is 0. The molecular formula is C5H10N2O2. The number of nitrogens with zero attached hydrogens (tertiary/aromatic N) is 1. The molecule has 52 valence electrons. The van der Waals surface area contributed by atoms with Gasteiger partial charge in [0.15, 0.2) is 0 Å². The number of hydrogen-bond donors (Lipinski definition) is 2. The van der Waals surface area contributed by atoms with Gasteiger partial charge in [0, 0.05) is 13.3 Å². The Morgan fingerprint density at radius 2 is 2.44 bits per heavy atom. The molecule has 0 aromatic carbocycles. The summed E-state index contributed by atoms with van der Waals surface area (Å²) in [4.78, 5) is 10.1.